The van der Waals surface area contributed by atoms with E-state index < -0.39 is 9.84 Å². The largest absolute Gasteiger partial charge is 0.376 e. The fourth-order valence-corrected chi connectivity index (χ4v) is 3.59. The van der Waals surface area contributed by atoms with Gasteiger partial charge in [-0.2, -0.15) is 0 Å². The number of sulfone groups is 1. The Bertz CT molecular complexity index is 364. The molecule has 1 saturated heterocycles. The molecule has 2 unspecified atom stereocenters. The minimum atomic E-state index is -2.86. The van der Waals surface area contributed by atoms with Gasteiger partial charge >= 0.3 is 0 Å². The molecule has 0 bridgehead atoms. The highest BCUT2D eigenvalue weighted by molar-refractivity contribution is 7.91. The van der Waals surface area contributed by atoms with E-state index in [1.54, 1.807) is 6.92 Å². The summed E-state index contributed by atoms with van der Waals surface area (Å²) in [5.74, 6) is 1.12. The zero-order valence-electron chi connectivity index (χ0n) is 10.5. The van der Waals surface area contributed by atoms with Crippen LogP contribution in [0.2, 0.25) is 0 Å². The Morgan fingerprint density at radius 2 is 2.12 bits per heavy atom. The Morgan fingerprint density at radius 1 is 1.41 bits per heavy atom. The molecule has 2 atom stereocenters. The molecule has 4 nitrogen and oxygen atoms in total. The molecule has 5 heteroatoms. The Kier molecular flexibility index (Phi) is 3.80. The molecule has 2 rings (SSSR count). The summed E-state index contributed by atoms with van der Waals surface area (Å²) in [5, 5.41) is 0. The van der Waals surface area contributed by atoms with Gasteiger partial charge in [0.1, 0.15) is 9.84 Å². The summed E-state index contributed by atoms with van der Waals surface area (Å²) in [6, 6.07) is 0. The van der Waals surface area contributed by atoms with Crippen molar-refractivity contribution in [1.82, 2.24) is 0 Å². The Balaban J connectivity index is 1.84. The minimum Gasteiger partial charge on any atom is -0.376 e. The van der Waals surface area contributed by atoms with Gasteiger partial charge in [0.05, 0.1) is 11.9 Å². The monoisotopic (exact) mass is 261 g/mol. The first-order valence-corrected chi connectivity index (χ1v) is 8.40. The molecule has 1 aliphatic heterocycles. The maximum Gasteiger partial charge on any atom is 0.150 e. The molecule has 0 aromatic rings. The fourth-order valence-electron chi connectivity index (χ4n) is 2.72. The normalized spacial score (nSPS) is 34.1. The topological polar surface area (TPSA) is 69.4 Å². The average Bonchev–Trinajstić information content (AvgIpc) is 3.03. The van der Waals surface area contributed by atoms with Crippen molar-refractivity contribution in [3.8, 4) is 0 Å². The molecule has 0 radical (unpaired) electrons. The van der Waals surface area contributed by atoms with Crippen molar-refractivity contribution in [2.75, 3.05) is 18.1 Å². The molecule has 100 valence electrons. The zero-order chi connectivity index (χ0) is 12.5. The summed E-state index contributed by atoms with van der Waals surface area (Å²) in [6.07, 6.45) is 4.92. The number of ether oxygens (including phenoxy) is 1. The molecule has 2 N–H and O–H groups in total. The Hall–Kier alpha value is -0.130. The van der Waals surface area contributed by atoms with E-state index in [2.05, 4.69) is 0 Å². The lowest BCUT2D eigenvalue weighted by molar-refractivity contribution is 0.0600. The van der Waals surface area contributed by atoms with E-state index >= 15 is 0 Å². The van der Waals surface area contributed by atoms with Crippen LogP contribution < -0.4 is 5.73 Å². The summed E-state index contributed by atoms with van der Waals surface area (Å²) in [7, 11) is -2.86. The second-order valence-corrected chi connectivity index (χ2v) is 7.92. The molecule has 0 aromatic heterocycles. The summed E-state index contributed by atoms with van der Waals surface area (Å²) < 4.78 is 28.6. The van der Waals surface area contributed by atoms with Crippen LogP contribution in [0.3, 0.4) is 0 Å². The third-order valence-corrected chi connectivity index (χ3v) is 5.81. The van der Waals surface area contributed by atoms with E-state index in [4.69, 9.17) is 10.5 Å². The molecule has 1 heterocycles. The van der Waals surface area contributed by atoms with E-state index in [0.717, 1.165) is 19.4 Å². The second-order valence-electron chi connectivity index (χ2n) is 5.45. The van der Waals surface area contributed by atoms with Crippen molar-refractivity contribution >= 4 is 9.84 Å². The number of hydrogen-bond acceptors (Lipinski definition) is 4. The van der Waals surface area contributed by atoms with Crippen LogP contribution in [0.1, 0.15) is 39.0 Å². The molecular formula is C12H23NO3S. The van der Waals surface area contributed by atoms with Gasteiger partial charge in [0.2, 0.25) is 0 Å². The molecule has 1 aliphatic carbocycles. The maximum absolute atomic E-state index is 11.4. The standard InChI is InChI=1S/C12H23NO3S/c1-2-17(14,15)9-3-6-12(13)7-8-16-11(12)10-4-5-10/h10-11H,2-9,13H2,1H3. The van der Waals surface area contributed by atoms with Crippen LogP contribution in [0, 0.1) is 5.92 Å². The van der Waals surface area contributed by atoms with E-state index in [0.29, 0.717) is 12.3 Å². The van der Waals surface area contributed by atoms with Gasteiger partial charge in [0.15, 0.2) is 0 Å². The van der Waals surface area contributed by atoms with Gasteiger partial charge in [0, 0.05) is 17.9 Å². The Labute approximate surface area is 104 Å². The van der Waals surface area contributed by atoms with Gasteiger partial charge in [-0.1, -0.05) is 6.92 Å². The van der Waals surface area contributed by atoms with Crippen molar-refractivity contribution in [3.05, 3.63) is 0 Å². The molecule has 0 spiro atoms. The minimum absolute atomic E-state index is 0.173. The molecule has 0 aromatic carbocycles. The molecular weight excluding hydrogens is 238 g/mol. The SMILES string of the molecule is CCS(=O)(=O)CCCC1(N)CCOC1C1CC1. The van der Waals surface area contributed by atoms with Crippen LogP contribution in [0.15, 0.2) is 0 Å². The lowest BCUT2D eigenvalue weighted by Crippen LogP contribution is -2.48. The lowest BCUT2D eigenvalue weighted by Gasteiger charge is -2.30. The van der Waals surface area contributed by atoms with E-state index in [9.17, 15) is 8.42 Å². The third-order valence-electron chi connectivity index (χ3n) is 4.02. The summed E-state index contributed by atoms with van der Waals surface area (Å²) in [5.41, 5.74) is 6.12. The molecule has 2 aliphatic rings. The highest BCUT2D eigenvalue weighted by Crippen LogP contribution is 2.43. The average molecular weight is 261 g/mol. The molecule has 17 heavy (non-hydrogen) atoms. The van der Waals surface area contributed by atoms with Gasteiger partial charge in [-0.25, -0.2) is 8.42 Å². The van der Waals surface area contributed by atoms with Crippen LogP contribution in [0.25, 0.3) is 0 Å². The van der Waals surface area contributed by atoms with Crippen LogP contribution >= 0.6 is 0 Å². The zero-order valence-corrected chi connectivity index (χ0v) is 11.3. The van der Waals surface area contributed by atoms with E-state index in [-0.39, 0.29) is 23.1 Å². The van der Waals surface area contributed by atoms with Gasteiger partial charge in [-0.3, -0.25) is 0 Å². The highest BCUT2D eigenvalue weighted by atomic mass is 32.2. The molecule has 1 saturated carbocycles. The quantitative estimate of drug-likeness (QED) is 0.777. The summed E-state index contributed by atoms with van der Waals surface area (Å²) >= 11 is 0. The number of hydrogen-bond donors (Lipinski definition) is 1. The fraction of sp³-hybridized carbons (Fsp3) is 1.00. The van der Waals surface area contributed by atoms with Crippen LogP contribution in [-0.2, 0) is 14.6 Å². The van der Waals surface area contributed by atoms with Gasteiger partial charge in [-0.15, -0.1) is 0 Å². The lowest BCUT2D eigenvalue weighted by atomic mass is 9.85. The van der Waals surface area contributed by atoms with Crippen molar-refractivity contribution in [2.24, 2.45) is 11.7 Å². The first-order valence-electron chi connectivity index (χ1n) is 6.58. The van der Waals surface area contributed by atoms with E-state index in [1.807, 2.05) is 0 Å². The highest BCUT2D eigenvalue weighted by Gasteiger charge is 2.48. The van der Waals surface area contributed by atoms with Crippen molar-refractivity contribution in [3.63, 3.8) is 0 Å². The predicted octanol–water partition coefficient (Wildman–Crippen LogP) is 1.10. The smallest absolute Gasteiger partial charge is 0.150 e. The first-order chi connectivity index (χ1) is 7.97. The van der Waals surface area contributed by atoms with E-state index in [1.165, 1.54) is 12.8 Å². The summed E-state index contributed by atoms with van der Waals surface area (Å²) in [6.45, 7) is 2.43. The Morgan fingerprint density at radius 3 is 2.71 bits per heavy atom. The van der Waals surface area contributed by atoms with Gasteiger partial charge < -0.3 is 10.5 Å². The van der Waals surface area contributed by atoms with Crippen molar-refractivity contribution in [1.29, 1.82) is 0 Å². The van der Waals surface area contributed by atoms with Crippen LogP contribution in [-0.4, -0.2) is 38.2 Å². The first kappa shape index (κ1) is 13.3. The van der Waals surface area contributed by atoms with Crippen molar-refractivity contribution in [2.45, 2.75) is 50.7 Å². The molecule has 2 fully saturated rings. The van der Waals surface area contributed by atoms with Gasteiger partial charge in [-0.05, 0) is 38.0 Å². The number of rotatable bonds is 6. The maximum atomic E-state index is 11.4. The van der Waals surface area contributed by atoms with Crippen LogP contribution in [0.5, 0.6) is 0 Å². The summed E-state index contributed by atoms with van der Waals surface area (Å²) in [4.78, 5) is 0. The van der Waals surface area contributed by atoms with Crippen LogP contribution in [0.4, 0.5) is 0 Å². The van der Waals surface area contributed by atoms with Crippen molar-refractivity contribution < 1.29 is 13.2 Å². The second kappa shape index (κ2) is 4.86. The van der Waals surface area contributed by atoms with Gasteiger partial charge in [0.25, 0.3) is 0 Å². The number of nitrogens with two attached hydrogens (primary N) is 1. The predicted molar refractivity (Wildman–Crippen MR) is 67.6 cm³/mol. The molecule has 0 amide bonds. The third kappa shape index (κ3) is 3.20.